The predicted molar refractivity (Wildman–Crippen MR) is 117 cm³/mol. The Balaban J connectivity index is 1.55. The second-order valence-corrected chi connectivity index (χ2v) is 7.76. The van der Waals surface area contributed by atoms with Gasteiger partial charge in [-0.3, -0.25) is 4.90 Å². The molecule has 1 aliphatic heterocycles. The van der Waals surface area contributed by atoms with Crippen molar-refractivity contribution in [2.24, 2.45) is 0 Å². The van der Waals surface area contributed by atoms with Crippen LogP contribution >= 0.6 is 0 Å². The van der Waals surface area contributed by atoms with Crippen molar-refractivity contribution in [3.8, 4) is 17.2 Å². The Morgan fingerprint density at radius 1 is 0.966 bits per heavy atom. The van der Waals surface area contributed by atoms with Crippen LogP contribution < -0.4 is 14.2 Å². The molecule has 158 valence electrons. The highest BCUT2D eigenvalue weighted by atomic mass is 16.5. The summed E-state index contributed by atoms with van der Waals surface area (Å²) in [5, 5.41) is 0. The summed E-state index contributed by atoms with van der Waals surface area (Å²) in [6.07, 6.45) is 3.49. The monoisotopic (exact) mass is 398 g/mol. The lowest BCUT2D eigenvalue weighted by atomic mass is 10.0. The van der Waals surface area contributed by atoms with Crippen molar-refractivity contribution in [2.75, 3.05) is 48.0 Å². The summed E-state index contributed by atoms with van der Waals surface area (Å²) < 4.78 is 16.3. The molecular weight excluding hydrogens is 364 g/mol. The quantitative estimate of drug-likeness (QED) is 0.641. The van der Waals surface area contributed by atoms with Crippen LogP contribution in [0.2, 0.25) is 0 Å². The summed E-state index contributed by atoms with van der Waals surface area (Å²) in [5.74, 6) is 2.56. The van der Waals surface area contributed by atoms with Crippen molar-refractivity contribution in [3.63, 3.8) is 0 Å². The lowest BCUT2D eigenvalue weighted by Crippen LogP contribution is -2.46. The Labute approximate surface area is 175 Å². The number of ether oxygens (including phenoxy) is 3. The average molecular weight is 399 g/mol. The van der Waals surface area contributed by atoms with Crippen LogP contribution in [0, 0.1) is 0 Å². The number of likely N-dealkylation sites (tertiary alicyclic amines) is 1. The molecule has 2 aromatic rings. The van der Waals surface area contributed by atoms with E-state index < -0.39 is 0 Å². The molecule has 5 nitrogen and oxygen atoms in total. The highest BCUT2D eigenvalue weighted by molar-refractivity contribution is 5.43. The molecule has 1 aliphatic rings. The maximum Gasteiger partial charge on any atom is 0.160 e. The number of methoxy groups -OCH3 is 3. The standard InChI is InChI=1S/C24H34N2O3/c1-25(15-13-19-11-12-23(28-3)24(16-19)29-4)21-9-7-14-26(18-21)17-20-8-5-6-10-22(20)27-2/h5-6,8,10-12,16,21H,7,9,13-15,17-18H2,1-4H3. The summed E-state index contributed by atoms with van der Waals surface area (Å²) in [6.45, 7) is 4.23. The molecule has 1 fully saturated rings. The molecule has 1 saturated heterocycles. The van der Waals surface area contributed by atoms with Gasteiger partial charge in [-0.15, -0.1) is 0 Å². The van der Waals surface area contributed by atoms with E-state index in [0.717, 1.165) is 49.8 Å². The number of piperidine rings is 1. The van der Waals surface area contributed by atoms with E-state index in [-0.39, 0.29) is 0 Å². The van der Waals surface area contributed by atoms with Gasteiger partial charge in [-0.25, -0.2) is 0 Å². The Bertz CT molecular complexity index is 780. The van der Waals surface area contributed by atoms with Crippen molar-refractivity contribution in [2.45, 2.75) is 31.8 Å². The zero-order chi connectivity index (χ0) is 20.6. The minimum Gasteiger partial charge on any atom is -0.496 e. The van der Waals surface area contributed by atoms with Gasteiger partial charge in [-0.2, -0.15) is 0 Å². The highest BCUT2D eigenvalue weighted by Crippen LogP contribution is 2.28. The van der Waals surface area contributed by atoms with E-state index in [4.69, 9.17) is 14.2 Å². The van der Waals surface area contributed by atoms with Gasteiger partial charge in [0.05, 0.1) is 21.3 Å². The topological polar surface area (TPSA) is 34.2 Å². The van der Waals surface area contributed by atoms with Crippen LogP contribution in [0.3, 0.4) is 0 Å². The molecule has 0 bridgehead atoms. The SMILES string of the molecule is COc1ccccc1CN1CCCC(N(C)CCc2ccc(OC)c(OC)c2)C1. The van der Waals surface area contributed by atoms with Crippen molar-refractivity contribution in [1.29, 1.82) is 0 Å². The highest BCUT2D eigenvalue weighted by Gasteiger charge is 2.23. The Hall–Kier alpha value is -2.24. The molecule has 5 heteroatoms. The largest absolute Gasteiger partial charge is 0.496 e. The Morgan fingerprint density at radius 2 is 1.72 bits per heavy atom. The van der Waals surface area contributed by atoms with Gasteiger partial charge >= 0.3 is 0 Å². The molecule has 3 rings (SSSR count). The molecule has 0 N–H and O–H groups in total. The predicted octanol–water partition coefficient (Wildman–Crippen LogP) is 3.85. The van der Waals surface area contributed by atoms with E-state index >= 15 is 0 Å². The zero-order valence-corrected chi connectivity index (χ0v) is 18.2. The van der Waals surface area contributed by atoms with E-state index in [1.807, 2.05) is 18.2 Å². The van der Waals surface area contributed by atoms with Gasteiger partial charge in [0.15, 0.2) is 11.5 Å². The molecular formula is C24H34N2O3. The van der Waals surface area contributed by atoms with E-state index in [1.165, 1.54) is 24.0 Å². The van der Waals surface area contributed by atoms with E-state index in [2.05, 4.69) is 41.1 Å². The number of benzene rings is 2. The van der Waals surface area contributed by atoms with Gasteiger partial charge in [-0.1, -0.05) is 24.3 Å². The first-order chi connectivity index (χ1) is 14.1. The third kappa shape index (κ3) is 5.64. The Morgan fingerprint density at radius 3 is 2.48 bits per heavy atom. The first kappa shape index (κ1) is 21.5. The maximum absolute atomic E-state index is 5.53. The number of hydrogen-bond donors (Lipinski definition) is 0. The third-order valence-corrected chi connectivity index (χ3v) is 5.89. The average Bonchev–Trinajstić information content (AvgIpc) is 2.77. The molecule has 0 radical (unpaired) electrons. The van der Waals surface area contributed by atoms with Gasteiger partial charge in [0.2, 0.25) is 0 Å². The summed E-state index contributed by atoms with van der Waals surface area (Å²) in [5.41, 5.74) is 2.54. The second kappa shape index (κ2) is 10.5. The number of para-hydroxylation sites is 1. The third-order valence-electron chi connectivity index (χ3n) is 5.89. The van der Waals surface area contributed by atoms with Crippen LogP contribution in [0.15, 0.2) is 42.5 Å². The van der Waals surface area contributed by atoms with E-state index in [0.29, 0.717) is 6.04 Å². The van der Waals surface area contributed by atoms with Crippen molar-refractivity contribution in [3.05, 3.63) is 53.6 Å². The van der Waals surface area contributed by atoms with Gasteiger partial charge in [-0.05, 0) is 56.6 Å². The molecule has 0 aliphatic carbocycles. The molecule has 2 aromatic carbocycles. The van der Waals surface area contributed by atoms with Crippen LogP contribution in [-0.4, -0.2) is 63.9 Å². The Kier molecular flexibility index (Phi) is 7.78. The summed E-state index contributed by atoms with van der Waals surface area (Å²) in [6, 6.07) is 15.1. The molecule has 0 aromatic heterocycles. The van der Waals surface area contributed by atoms with Crippen LogP contribution in [0.4, 0.5) is 0 Å². The number of hydrogen-bond acceptors (Lipinski definition) is 5. The van der Waals surface area contributed by atoms with Crippen LogP contribution in [-0.2, 0) is 13.0 Å². The lowest BCUT2D eigenvalue weighted by Gasteiger charge is -2.38. The van der Waals surface area contributed by atoms with Gasteiger partial charge in [0, 0.05) is 31.2 Å². The van der Waals surface area contributed by atoms with Gasteiger partial charge < -0.3 is 19.1 Å². The normalized spacial score (nSPS) is 17.3. The first-order valence-electron chi connectivity index (χ1n) is 10.4. The van der Waals surface area contributed by atoms with Crippen LogP contribution in [0.1, 0.15) is 24.0 Å². The molecule has 1 atom stereocenters. The fourth-order valence-corrected chi connectivity index (χ4v) is 4.13. The molecule has 0 spiro atoms. The molecule has 1 heterocycles. The summed E-state index contributed by atoms with van der Waals surface area (Å²) in [7, 11) is 7.36. The van der Waals surface area contributed by atoms with Crippen molar-refractivity contribution in [1.82, 2.24) is 9.80 Å². The molecule has 0 saturated carbocycles. The lowest BCUT2D eigenvalue weighted by molar-refractivity contribution is 0.111. The maximum atomic E-state index is 5.53. The van der Waals surface area contributed by atoms with E-state index in [1.54, 1.807) is 21.3 Å². The zero-order valence-electron chi connectivity index (χ0n) is 18.2. The van der Waals surface area contributed by atoms with Crippen LogP contribution in [0.25, 0.3) is 0 Å². The molecule has 29 heavy (non-hydrogen) atoms. The second-order valence-electron chi connectivity index (χ2n) is 7.76. The minimum atomic E-state index is 0.582. The summed E-state index contributed by atoms with van der Waals surface area (Å²) in [4.78, 5) is 5.06. The molecule has 0 amide bonds. The van der Waals surface area contributed by atoms with Gasteiger partial charge in [0.25, 0.3) is 0 Å². The number of rotatable bonds is 9. The number of likely N-dealkylation sites (N-methyl/N-ethyl adjacent to an activating group) is 1. The van der Waals surface area contributed by atoms with Crippen molar-refractivity contribution < 1.29 is 14.2 Å². The van der Waals surface area contributed by atoms with Gasteiger partial charge in [0.1, 0.15) is 5.75 Å². The van der Waals surface area contributed by atoms with Crippen molar-refractivity contribution >= 4 is 0 Å². The summed E-state index contributed by atoms with van der Waals surface area (Å²) >= 11 is 0. The van der Waals surface area contributed by atoms with E-state index in [9.17, 15) is 0 Å². The number of nitrogens with zero attached hydrogens (tertiary/aromatic N) is 2. The fourth-order valence-electron chi connectivity index (χ4n) is 4.13. The smallest absolute Gasteiger partial charge is 0.160 e. The first-order valence-corrected chi connectivity index (χ1v) is 10.4. The fraction of sp³-hybridized carbons (Fsp3) is 0.500. The molecule has 1 unspecified atom stereocenters. The minimum absolute atomic E-state index is 0.582. The van der Waals surface area contributed by atoms with Crippen LogP contribution in [0.5, 0.6) is 17.2 Å².